The van der Waals surface area contributed by atoms with Crippen molar-refractivity contribution in [2.45, 2.75) is 12.1 Å². The number of carbonyl (C=O) groups excluding carboxylic acids is 2. The molecule has 2 atom stereocenters. The van der Waals surface area contributed by atoms with Gasteiger partial charge in [0, 0.05) is 11.5 Å². The van der Waals surface area contributed by atoms with Crippen LogP contribution in [0.3, 0.4) is 0 Å². The van der Waals surface area contributed by atoms with Crippen LogP contribution in [0, 0.1) is 0 Å². The zero-order valence-electron chi connectivity index (χ0n) is 7.28. The number of thioether (sulfide) groups is 1. The molecular formula is C7H12N2O3S. The summed E-state index contributed by atoms with van der Waals surface area (Å²) < 4.78 is 4.52. The summed E-state index contributed by atoms with van der Waals surface area (Å²) in [7, 11) is 1.30. The van der Waals surface area contributed by atoms with E-state index in [0.717, 1.165) is 0 Å². The lowest BCUT2D eigenvalue weighted by molar-refractivity contribution is -0.144. The number of rotatable bonds is 1. The average Bonchev–Trinajstić information content (AvgIpc) is 2.28. The molecule has 1 fully saturated rings. The highest BCUT2D eigenvalue weighted by Gasteiger charge is 2.27. The fraction of sp³-hybridized carbons (Fsp3) is 0.714. The maximum Gasteiger partial charge on any atom is 0.329 e. The summed E-state index contributed by atoms with van der Waals surface area (Å²) in [6.07, 6.45) is 0. The van der Waals surface area contributed by atoms with Gasteiger partial charge in [0.25, 0.3) is 0 Å². The fourth-order valence-corrected chi connectivity index (χ4v) is 1.97. The minimum atomic E-state index is -0.559. The topological polar surface area (TPSA) is 81.4 Å². The molecule has 1 heterocycles. The molecule has 3 N–H and O–H groups in total. The Labute approximate surface area is 80.4 Å². The van der Waals surface area contributed by atoms with Crippen molar-refractivity contribution in [3.05, 3.63) is 0 Å². The van der Waals surface area contributed by atoms with E-state index in [1.165, 1.54) is 18.9 Å². The first kappa shape index (κ1) is 10.3. The average molecular weight is 204 g/mol. The van der Waals surface area contributed by atoms with Crippen molar-refractivity contribution < 1.29 is 14.3 Å². The summed E-state index contributed by atoms with van der Waals surface area (Å²) in [6, 6.07) is -1.09. The van der Waals surface area contributed by atoms with Crippen LogP contribution in [0.25, 0.3) is 0 Å². The number of nitrogens with one attached hydrogen (secondary N) is 1. The smallest absolute Gasteiger partial charge is 0.329 e. The quantitative estimate of drug-likeness (QED) is 0.520. The molecule has 0 radical (unpaired) electrons. The van der Waals surface area contributed by atoms with Crippen LogP contribution in [0.15, 0.2) is 0 Å². The van der Waals surface area contributed by atoms with Gasteiger partial charge in [0.2, 0.25) is 5.91 Å². The number of amides is 1. The van der Waals surface area contributed by atoms with E-state index >= 15 is 0 Å². The van der Waals surface area contributed by atoms with Gasteiger partial charge in [-0.1, -0.05) is 0 Å². The number of hydrogen-bond acceptors (Lipinski definition) is 5. The number of carbonyl (C=O) groups is 2. The second-order valence-corrected chi connectivity index (χ2v) is 3.80. The largest absolute Gasteiger partial charge is 0.467 e. The molecule has 0 bridgehead atoms. The lowest BCUT2D eigenvalue weighted by atomic mass is 10.3. The van der Waals surface area contributed by atoms with E-state index in [0.29, 0.717) is 11.5 Å². The maximum atomic E-state index is 11.2. The zero-order chi connectivity index (χ0) is 9.84. The summed E-state index contributed by atoms with van der Waals surface area (Å²) in [6.45, 7) is 0. The second kappa shape index (κ2) is 4.48. The first-order chi connectivity index (χ1) is 6.15. The van der Waals surface area contributed by atoms with E-state index in [4.69, 9.17) is 5.73 Å². The molecule has 0 aromatic rings. The molecule has 0 aromatic carbocycles. The summed E-state index contributed by atoms with van der Waals surface area (Å²) in [5.41, 5.74) is 5.50. The Balaban J connectivity index is 2.59. The molecule has 1 rings (SSSR count). The SMILES string of the molecule is COC(=O)[C@H]1CSC[C@H](N)C(=O)N1. The second-order valence-electron chi connectivity index (χ2n) is 2.73. The fourth-order valence-electron chi connectivity index (χ4n) is 0.978. The molecule has 0 aliphatic carbocycles. The van der Waals surface area contributed by atoms with Gasteiger partial charge < -0.3 is 15.8 Å². The van der Waals surface area contributed by atoms with Crippen molar-refractivity contribution in [1.29, 1.82) is 0 Å². The van der Waals surface area contributed by atoms with Gasteiger partial charge in [-0.3, -0.25) is 4.79 Å². The van der Waals surface area contributed by atoms with Crippen molar-refractivity contribution in [3.8, 4) is 0 Å². The van der Waals surface area contributed by atoms with Gasteiger partial charge in [-0.25, -0.2) is 4.79 Å². The highest BCUT2D eigenvalue weighted by Crippen LogP contribution is 2.09. The number of hydrogen-bond donors (Lipinski definition) is 2. The summed E-state index contributed by atoms with van der Waals surface area (Å²) in [4.78, 5) is 22.3. The molecule has 0 unspecified atom stereocenters. The van der Waals surface area contributed by atoms with Gasteiger partial charge in [-0.2, -0.15) is 11.8 Å². The van der Waals surface area contributed by atoms with Crippen molar-refractivity contribution in [3.63, 3.8) is 0 Å². The van der Waals surface area contributed by atoms with Crippen LogP contribution in [0.5, 0.6) is 0 Å². The van der Waals surface area contributed by atoms with E-state index in [2.05, 4.69) is 10.1 Å². The summed E-state index contributed by atoms with van der Waals surface area (Å²) in [5.74, 6) is 0.348. The minimum absolute atomic E-state index is 0.291. The Hall–Kier alpha value is -0.750. The van der Waals surface area contributed by atoms with Crippen LogP contribution in [0.1, 0.15) is 0 Å². The molecule has 1 aliphatic heterocycles. The molecule has 0 aromatic heterocycles. The monoisotopic (exact) mass is 204 g/mol. The molecule has 6 heteroatoms. The standard InChI is InChI=1S/C7H12N2O3S/c1-12-7(11)5-3-13-2-4(8)6(10)9-5/h4-5H,2-3,8H2,1H3,(H,9,10)/t4-,5+/m0/s1. The molecule has 1 saturated heterocycles. The van der Waals surface area contributed by atoms with Gasteiger partial charge in [0.15, 0.2) is 0 Å². The molecule has 74 valence electrons. The third-order valence-electron chi connectivity index (χ3n) is 1.72. The summed E-state index contributed by atoms with van der Waals surface area (Å²) in [5, 5.41) is 2.52. The van der Waals surface area contributed by atoms with Crippen molar-refractivity contribution >= 4 is 23.6 Å². The minimum Gasteiger partial charge on any atom is -0.467 e. The first-order valence-corrected chi connectivity index (χ1v) is 5.02. The number of nitrogens with two attached hydrogens (primary N) is 1. The van der Waals surface area contributed by atoms with E-state index < -0.39 is 18.1 Å². The van der Waals surface area contributed by atoms with Gasteiger partial charge in [-0.05, 0) is 0 Å². The maximum absolute atomic E-state index is 11.2. The first-order valence-electron chi connectivity index (χ1n) is 3.86. The van der Waals surface area contributed by atoms with Crippen LogP contribution in [-0.4, -0.2) is 42.6 Å². The number of ether oxygens (including phenoxy) is 1. The molecule has 0 saturated carbocycles. The predicted molar refractivity (Wildman–Crippen MR) is 49.2 cm³/mol. The Morgan fingerprint density at radius 3 is 3.00 bits per heavy atom. The van der Waals surface area contributed by atoms with Crippen molar-refractivity contribution in [1.82, 2.24) is 5.32 Å². The number of methoxy groups -OCH3 is 1. The third-order valence-corrected chi connectivity index (χ3v) is 2.88. The van der Waals surface area contributed by atoms with Crippen molar-refractivity contribution in [2.24, 2.45) is 5.73 Å². The van der Waals surface area contributed by atoms with Crippen LogP contribution in [0.4, 0.5) is 0 Å². The van der Waals surface area contributed by atoms with E-state index in [1.807, 2.05) is 0 Å². The Morgan fingerprint density at radius 2 is 2.38 bits per heavy atom. The number of esters is 1. The lowest BCUT2D eigenvalue weighted by Crippen LogP contribution is -2.48. The highest BCUT2D eigenvalue weighted by atomic mass is 32.2. The van der Waals surface area contributed by atoms with Gasteiger partial charge in [0.1, 0.15) is 6.04 Å². The molecular weight excluding hydrogens is 192 g/mol. The van der Waals surface area contributed by atoms with Gasteiger partial charge in [0.05, 0.1) is 13.2 Å². The summed E-state index contributed by atoms with van der Waals surface area (Å²) >= 11 is 1.47. The van der Waals surface area contributed by atoms with E-state index in [1.54, 1.807) is 0 Å². The van der Waals surface area contributed by atoms with Gasteiger partial charge in [-0.15, -0.1) is 0 Å². The van der Waals surface area contributed by atoms with E-state index in [-0.39, 0.29) is 5.91 Å². The highest BCUT2D eigenvalue weighted by molar-refractivity contribution is 7.99. The Morgan fingerprint density at radius 1 is 1.69 bits per heavy atom. The van der Waals surface area contributed by atoms with Crippen LogP contribution < -0.4 is 11.1 Å². The molecule has 13 heavy (non-hydrogen) atoms. The molecule has 5 nitrogen and oxygen atoms in total. The Bertz CT molecular complexity index is 222. The van der Waals surface area contributed by atoms with Crippen molar-refractivity contribution in [2.75, 3.05) is 18.6 Å². The van der Waals surface area contributed by atoms with Crippen LogP contribution >= 0.6 is 11.8 Å². The molecule has 1 aliphatic rings. The molecule has 1 amide bonds. The van der Waals surface area contributed by atoms with Gasteiger partial charge >= 0.3 is 5.97 Å². The normalized spacial score (nSPS) is 28.9. The Kier molecular flexibility index (Phi) is 3.56. The molecule has 0 spiro atoms. The van der Waals surface area contributed by atoms with E-state index in [9.17, 15) is 9.59 Å². The lowest BCUT2D eigenvalue weighted by Gasteiger charge is -2.12. The van der Waals surface area contributed by atoms with Crippen LogP contribution in [-0.2, 0) is 14.3 Å². The third kappa shape index (κ3) is 2.60. The predicted octanol–water partition coefficient (Wildman–Crippen LogP) is -1.28. The van der Waals surface area contributed by atoms with Crippen LogP contribution in [0.2, 0.25) is 0 Å². The zero-order valence-corrected chi connectivity index (χ0v) is 8.10.